The lowest BCUT2D eigenvalue weighted by Gasteiger charge is -2.34. The van der Waals surface area contributed by atoms with Crippen LogP contribution < -0.4 is 14.8 Å². The molecule has 9 heteroatoms. The predicted molar refractivity (Wildman–Crippen MR) is 110 cm³/mol. The zero-order valence-corrected chi connectivity index (χ0v) is 17.3. The van der Waals surface area contributed by atoms with E-state index in [4.69, 9.17) is 9.47 Å². The van der Waals surface area contributed by atoms with Gasteiger partial charge in [0.05, 0.1) is 18.8 Å². The average molecular weight is 416 g/mol. The second-order valence-corrected chi connectivity index (χ2v) is 8.00. The molecule has 2 saturated heterocycles. The van der Waals surface area contributed by atoms with E-state index in [-0.39, 0.29) is 30.9 Å². The fourth-order valence-corrected chi connectivity index (χ4v) is 4.09. The number of benzene rings is 1. The lowest BCUT2D eigenvalue weighted by molar-refractivity contribution is -0.132. The van der Waals surface area contributed by atoms with Crippen LogP contribution in [0.5, 0.6) is 11.5 Å². The maximum atomic E-state index is 12.6. The molecule has 1 aromatic carbocycles. The van der Waals surface area contributed by atoms with Crippen LogP contribution in [0.2, 0.25) is 0 Å². The first-order chi connectivity index (χ1) is 14.5. The van der Waals surface area contributed by atoms with Gasteiger partial charge in [0, 0.05) is 50.9 Å². The van der Waals surface area contributed by atoms with Gasteiger partial charge in [-0.25, -0.2) is 0 Å². The fourth-order valence-electron chi connectivity index (χ4n) is 4.09. The van der Waals surface area contributed by atoms with E-state index in [1.807, 2.05) is 4.90 Å². The van der Waals surface area contributed by atoms with E-state index in [9.17, 15) is 14.4 Å². The van der Waals surface area contributed by atoms with Gasteiger partial charge in [0.1, 0.15) is 0 Å². The number of nitrogens with zero attached hydrogens (tertiary/aromatic N) is 3. The molecular weight excluding hydrogens is 388 g/mol. The number of anilines is 1. The summed E-state index contributed by atoms with van der Waals surface area (Å²) in [6.07, 6.45) is 2.20. The quantitative estimate of drug-likeness (QED) is 0.686. The molecule has 0 bridgehead atoms. The van der Waals surface area contributed by atoms with Crippen LogP contribution in [0, 0.1) is 0 Å². The van der Waals surface area contributed by atoms with Crippen molar-refractivity contribution in [3.8, 4) is 11.5 Å². The molecule has 0 atom stereocenters. The Bertz CT molecular complexity index is 829. The molecule has 30 heavy (non-hydrogen) atoms. The van der Waals surface area contributed by atoms with Gasteiger partial charge in [-0.15, -0.1) is 0 Å². The monoisotopic (exact) mass is 416 g/mol. The van der Waals surface area contributed by atoms with Crippen LogP contribution in [0.25, 0.3) is 0 Å². The van der Waals surface area contributed by atoms with Crippen LogP contribution in [0.4, 0.5) is 5.69 Å². The van der Waals surface area contributed by atoms with E-state index in [1.54, 1.807) is 12.1 Å². The first kappa shape index (κ1) is 20.6. The van der Waals surface area contributed by atoms with E-state index in [0.717, 1.165) is 52.1 Å². The summed E-state index contributed by atoms with van der Waals surface area (Å²) in [4.78, 5) is 43.0. The van der Waals surface area contributed by atoms with Crippen molar-refractivity contribution in [3.63, 3.8) is 0 Å². The number of hydrogen-bond donors (Lipinski definition) is 1. The summed E-state index contributed by atoms with van der Waals surface area (Å²) in [5.74, 6) is 0.903. The van der Waals surface area contributed by atoms with Gasteiger partial charge in [0.15, 0.2) is 17.3 Å². The summed E-state index contributed by atoms with van der Waals surface area (Å²) in [7, 11) is 0. The third-order valence-corrected chi connectivity index (χ3v) is 5.82. The van der Waals surface area contributed by atoms with Crippen molar-refractivity contribution in [3.05, 3.63) is 17.7 Å². The van der Waals surface area contributed by atoms with E-state index in [0.29, 0.717) is 29.3 Å². The van der Waals surface area contributed by atoms with Crippen molar-refractivity contribution in [2.75, 3.05) is 64.5 Å². The van der Waals surface area contributed by atoms with Crippen LogP contribution >= 0.6 is 0 Å². The number of likely N-dealkylation sites (tertiary alicyclic amines) is 1. The molecule has 162 valence electrons. The molecule has 9 nitrogen and oxygen atoms in total. The van der Waals surface area contributed by atoms with Gasteiger partial charge in [-0.05, 0) is 25.8 Å². The Hall–Kier alpha value is -2.65. The van der Waals surface area contributed by atoms with Gasteiger partial charge >= 0.3 is 0 Å². The SMILES string of the molecule is CC(=O)c1cc2c(cc1NC(=O)CN1CCN(CC(=O)N3CCCC3)CC1)OCO2. The van der Waals surface area contributed by atoms with E-state index < -0.39 is 0 Å². The highest BCUT2D eigenvalue weighted by Crippen LogP contribution is 2.37. The van der Waals surface area contributed by atoms with E-state index in [1.165, 1.54) is 6.92 Å². The molecule has 1 N–H and O–H groups in total. The molecule has 0 saturated carbocycles. The van der Waals surface area contributed by atoms with Crippen molar-refractivity contribution in [1.82, 2.24) is 14.7 Å². The highest BCUT2D eigenvalue weighted by atomic mass is 16.7. The molecule has 0 unspecified atom stereocenters. The number of hydrogen-bond acceptors (Lipinski definition) is 7. The summed E-state index contributed by atoms with van der Waals surface area (Å²) in [6.45, 7) is 6.97. The van der Waals surface area contributed by atoms with Gasteiger partial charge < -0.3 is 19.7 Å². The number of carbonyl (C=O) groups is 3. The van der Waals surface area contributed by atoms with Crippen molar-refractivity contribution >= 4 is 23.3 Å². The van der Waals surface area contributed by atoms with Gasteiger partial charge in [0.25, 0.3) is 0 Å². The molecule has 0 radical (unpaired) electrons. The largest absolute Gasteiger partial charge is 0.454 e. The van der Waals surface area contributed by atoms with Gasteiger partial charge in [-0.1, -0.05) is 0 Å². The Morgan fingerprint density at radius 2 is 1.50 bits per heavy atom. The average Bonchev–Trinajstić information content (AvgIpc) is 3.40. The van der Waals surface area contributed by atoms with Crippen molar-refractivity contribution in [2.45, 2.75) is 19.8 Å². The minimum Gasteiger partial charge on any atom is -0.454 e. The molecule has 0 aromatic heterocycles. The Morgan fingerprint density at radius 3 is 2.13 bits per heavy atom. The highest BCUT2D eigenvalue weighted by molar-refractivity contribution is 6.05. The standard InChI is InChI=1S/C21H28N4O5/c1-15(26)16-10-18-19(30-14-29-18)11-17(16)22-20(27)12-23-6-8-24(9-7-23)13-21(28)25-4-2-3-5-25/h10-11H,2-9,12-14H2,1H3,(H,22,27). The lowest BCUT2D eigenvalue weighted by atomic mass is 10.1. The number of amides is 2. The van der Waals surface area contributed by atoms with Crippen molar-refractivity contribution in [2.24, 2.45) is 0 Å². The van der Waals surface area contributed by atoms with Crippen LogP contribution in [0.1, 0.15) is 30.1 Å². The van der Waals surface area contributed by atoms with Crippen LogP contribution in [-0.2, 0) is 9.59 Å². The first-order valence-electron chi connectivity index (χ1n) is 10.5. The van der Waals surface area contributed by atoms with Crippen molar-refractivity contribution < 1.29 is 23.9 Å². The normalized spacial score (nSPS) is 19.2. The molecule has 3 aliphatic heterocycles. The van der Waals surface area contributed by atoms with Crippen LogP contribution in [0.3, 0.4) is 0 Å². The minimum atomic E-state index is -0.182. The third kappa shape index (κ3) is 4.73. The zero-order valence-electron chi connectivity index (χ0n) is 17.3. The third-order valence-electron chi connectivity index (χ3n) is 5.82. The van der Waals surface area contributed by atoms with Gasteiger partial charge in [-0.2, -0.15) is 0 Å². The van der Waals surface area contributed by atoms with Gasteiger partial charge in [-0.3, -0.25) is 24.2 Å². The fraction of sp³-hybridized carbons (Fsp3) is 0.571. The Morgan fingerprint density at radius 1 is 0.900 bits per heavy atom. The topological polar surface area (TPSA) is 91.4 Å². The summed E-state index contributed by atoms with van der Waals surface area (Å²) in [6, 6.07) is 3.25. The number of ether oxygens (including phenoxy) is 2. The van der Waals surface area contributed by atoms with E-state index in [2.05, 4.69) is 15.1 Å². The predicted octanol–water partition coefficient (Wildman–Crippen LogP) is 0.796. The number of carbonyl (C=O) groups excluding carboxylic acids is 3. The molecule has 2 fully saturated rings. The van der Waals surface area contributed by atoms with Crippen LogP contribution in [0.15, 0.2) is 12.1 Å². The number of Topliss-reactive ketones (excluding diaryl/α,β-unsaturated/α-hetero) is 1. The molecule has 0 aliphatic carbocycles. The number of piperazine rings is 1. The summed E-state index contributed by atoms with van der Waals surface area (Å²) in [5.41, 5.74) is 0.837. The molecule has 2 amide bonds. The number of fused-ring (bicyclic) bond motifs is 1. The smallest absolute Gasteiger partial charge is 0.238 e. The zero-order chi connectivity index (χ0) is 21.1. The maximum Gasteiger partial charge on any atom is 0.238 e. The Kier molecular flexibility index (Phi) is 6.19. The number of nitrogens with one attached hydrogen (secondary N) is 1. The second-order valence-electron chi connectivity index (χ2n) is 8.00. The lowest BCUT2D eigenvalue weighted by Crippen LogP contribution is -2.51. The van der Waals surface area contributed by atoms with Crippen molar-refractivity contribution in [1.29, 1.82) is 0 Å². The highest BCUT2D eigenvalue weighted by Gasteiger charge is 2.25. The Balaban J connectivity index is 1.27. The molecule has 3 heterocycles. The number of rotatable bonds is 6. The maximum absolute atomic E-state index is 12.6. The van der Waals surface area contributed by atoms with E-state index >= 15 is 0 Å². The Labute approximate surface area is 175 Å². The first-order valence-corrected chi connectivity index (χ1v) is 10.5. The van der Waals surface area contributed by atoms with Crippen LogP contribution in [-0.4, -0.2) is 91.4 Å². The second kappa shape index (κ2) is 9.01. The number of ketones is 1. The minimum absolute atomic E-state index is 0.106. The molecule has 0 spiro atoms. The molecular formula is C21H28N4O5. The molecule has 4 rings (SSSR count). The molecule has 3 aliphatic rings. The van der Waals surface area contributed by atoms with Gasteiger partial charge in [0.2, 0.25) is 18.6 Å². The summed E-state index contributed by atoms with van der Waals surface area (Å²) < 4.78 is 10.7. The summed E-state index contributed by atoms with van der Waals surface area (Å²) in [5, 5.41) is 2.84. The summed E-state index contributed by atoms with van der Waals surface area (Å²) >= 11 is 0. The molecule has 1 aromatic rings.